The second-order valence-corrected chi connectivity index (χ2v) is 10.1. The van der Waals surface area contributed by atoms with Crippen LogP contribution < -0.4 is 10.6 Å². The van der Waals surface area contributed by atoms with E-state index in [1.54, 1.807) is 31.2 Å². The average Bonchev–Trinajstić information content (AvgIpc) is 3.04. The number of allylic oxidation sites excluding steroid dienone is 1. The van der Waals surface area contributed by atoms with E-state index in [0.717, 1.165) is 0 Å². The van der Waals surface area contributed by atoms with E-state index in [4.69, 9.17) is 16.3 Å². The maximum atomic E-state index is 13.2. The van der Waals surface area contributed by atoms with Gasteiger partial charge in [0.25, 0.3) is 0 Å². The van der Waals surface area contributed by atoms with E-state index >= 15 is 0 Å². The van der Waals surface area contributed by atoms with Crippen LogP contribution in [-0.4, -0.2) is 64.0 Å². The Labute approximate surface area is 201 Å². The number of hydrogen-bond donors (Lipinski definition) is 2. The summed E-state index contributed by atoms with van der Waals surface area (Å²) in [5.41, 5.74) is 1.08. The minimum Gasteiger partial charge on any atom is -0.466 e. The van der Waals surface area contributed by atoms with Gasteiger partial charge >= 0.3 is 11.9 Å². The fourth-order valence-electron chi connectivity index (χ4n) is 3.95. The van der Waals surface area contributed by atoms with Crippen molar-refractivity contribution in [3.8, 4) is 0 Å². The lowest BCUT2D eigenvalue weighted by molar-refractivity contribution is -0.163. The molecule has 2 amide bonds. The number of rotatable bonds is 8. The molecule has 1 aromatic carbocycles. The number of alkyl halides is 1. The molecule has 0 bridgehead atoms. The lowest BCUT2D eigenvalue weighted by Crippen LogP contribution is -2.71. The van der Waals surface area contributed by atoms with Crippen molar-refractivity contribution in [2.45, 2.75) is 49.0 Å². The van der Waals surface area contributed by atoms with Crippen LogP contribution in [0.25, 0.3) is 0 Å². The number of thioether (sulfide) groups is 1. The monoisotopic (exact) mass is 495 g/mol. The third kappa shape index (κ3) is 5.11. The van der Waals surface area contributed by atoms with Crippen LogP contribution in [0.1, 0.15) is 32.4 Å². The van der Waals surface area contributed by atoms with Crippen LogP contribution in [-0.2, 0) is 28.7 Å². The summed E-state index contributed by atoms with van der Waals surface area (Å²) in [6, 6.07) is 6.18. The van der Waals surface area contributed by atoms with Gasteiger partial charge < -0.3 is 25.0 Å². The zero-order valence-electron chi connectivity index (χ0n) is 18.7. The molecule has 11 heteroatoms. The van der Waals surface area contributed by atoms with Crippen LogP contribution in [0.5, 0.6) is 0 Å². The Morgan fingerprint density at radius 2 is 1.94 bits per heavy atom. The van der Waals surface area contributed by atoms with E-state index in [-0.39, 0.29) is 12.0 Å². The molecular weight excluding hydrogens is 470 g/mol. The van der Waals surface area contributed by atoms with Gasteiger partial charge in [-0.25, -0.2) is 9.59 Å². The molecule has 2 saturated heterocycles. The summed E-state index contributed by atoms with van der Waals surface area (Å²) < 4.78 is 8.96. The molecule has 2 aliphatic rings. The van der Waals surface area contributed by atoms with E-state index in [2.05, 4.69) is 15.4 Å². The van der Waals surface area contributed by atoms with Gasteiger partial charge in [0.2, 0.25) is 11.8 Å². The van der Waals surface area contributed by atoms with Crippen molar-refractivity contribution in [2.24, 2.45) is 0 Å². The minimum atomic E-state index is -0.856. The van der Waals surface area contributed by atoms with Crippen LogP contribution in [0, 0.1) is 0 Å². The predicted molar refractivity (Wildman–Crippen MR) is 123 cm³/mol. The molecule has 4 atom stereocenters. The van der Waals surface area contributed by atoms with Crippen molar-refractivity contribution in [3.05, 3.63) is 47.7 Å². The van der Waals surface area contributed by atoms with Crippen LogP contribution in [0.2, 0.25) is 0 Å². The summed E-state index contributed by atoms with van der Waals surface area (Å²) in [6.45, 7) is 5.33. The number of ether oxygens (including phenoxy) is 2. The van der Waals surface area contributed by atoms with Crippen molar-refractivity contribution in [1.29, 1.82) is 0 Å². The molecule has 178 valence electrons. The Morgan fingerprint density at radius 3 is 2.55 bits per heavy atom. The van der Waals surface area contributed by atoms with Crippen LogP contribution in [0.3, 0.4) is 0 Å². The Hall–Kier alpha value is -2.72. The summed E-state index contributed by atoms with van der Waals surface area (Å²) >= 11 is 6.95. The number of β-lactam (4-membered cyclic amide) rings is 1. The molecule has 2 fully saturated rings. The standard InChI is InChI=1S/C22H26ClN3O6S/c1-12(10-14(27)31-4)24-15(13-8-6-5-7-9-13)18(28)25-16-19(29)26-17(21(30)32-11-23)22(2,3)33-20(16)26/h5-10,15-17,20,24H,11H2,1-4H3,(H,25,28)/t15?,16-,17+,20-/m1/s1. The summed E-state index contributed by atoms with van der Waals surface area (Å²) in [6.07, 6.45) is 1.24. The molecule has 2 N–H and O–H groups in total. The third-order valence-corrected chi connectivity index (χ3v) is 7.14. The number of amides is 2. The molecule has 3 rings (SSSR count). The number of nitrogens with one attached hydrogen (secondary N) is 2. The molecule has 2 aliphatic heterocycles. The molecule has 1 aromatic rings. The van der Waals surface area contributed by atoms with Crippen LogP contribution in [0.4, 0.5) is 0 Å². The first-order valence-corrected chi connectivity index (χ1v) is 11.6. The van der Waals surface area contributed by atoms with E-state index in [9.17, 15) is 19.2 Å². The molecule has 1 unspecified atom stereocenters. The lowest BCUT2D eigenvalue weighted by atomic mass is 9.95. The maximum Gasteiger partial charge on any atom is 0.332 e. The summed E-state index contributed by atoms with van der Waals surface area (Å²) in [4.78, 5) is 51.6. The lowest BCUT2D eigenvalue weighted by Gasteiger charge is -2.44. The SMILES string of the molecule is COC(=O)C=C(C)NC(C(=O)N[C@@H]1C(=O)N2[C@@H]1SC(C)(C)[C@@H]2C(=O)OCCl)c1ccccc1. The minimum absolute atomic E-state index is 0.300. The van der Waals surface area contributed by atoms with Crippen molar-refractivity contribution in [3.63, 3.8) is 0 Å². The average molecular weight is 496 g/mol. The van der Waals surface area contributed by atoms with E-state index in [1.165, 1.54) is 29.8 Å². The first-order valence-electron chi connectivity index (χ1n) is 10.2. The number of methoxy groups -OCH3 is 1. The fourth-order valence-corrected chi connectivity index (χ4v) is 5.67. The zero-order valence-corrected chi connectivity index (χ0v) is 20.2. The normalized spacial score (nSPS) is 24.3. The molecule has 2 heterocycles. The number of hydrogen-bond acceptors (Lipinski definition) is 8. The Kier molecular flexibility index (Phi) is 7.58. The predicted octanol–water partition coefficient (Wildman–Crippen LogP) is 1.68. The first-order chi connectivity index (χ1) is 15.6. The summed E-state index contributed by atoms with van der Waals surface area (Å²) in [7, 11) is 1.26. The van der Waals surface area contributed by atoms with Gasteiger partial charge in [0.05, 0.1) is 7.11 Å². The number of halogens is 1. The number of nitrogens with zero attached hydrogens (tertiary/aromatic N) is 1. The van der Waals surface area contributed by atoms with Crippen LogP contribution in [0.15, 0.2) is 42.1 Å². The van der Waals surface area contributed by atoms with E-state index in [0.29, 0.717) is 11.3 Å². The summed E-state index contributed by atoms with van der Waals surface area (Å²) in [5, 5.41) is 5.41. The van der Waals surface area contributed by atoms with Gasteiger partial charge in [0.1, 0.15) is 23.5 Å². The topological polar surface area (TPSA) is 114 Å². The van der Waals surface area contributed by atoms with Crippen molar-refractivity contribution in [1.82, 2.24) is 15.5 Å². The number of carbonyl (C=O) groups excluding carboxylic acids is 4. The highest BCUT2D eigenvalue weighted by molar-refractivity contribution is 8.01. The van der Waals surface area contributed by atoms with Crippen molar-refractivity contribution < 1.29 is 28.7 Å². The molecule has 0 saturated carbocycles. The van der Waals surface area contributed by atoms with Crippen molar-refractivity contribution >= 4 is 47.1 Å². The van der Waals surface area contributed by atoms with Gasteiger partial charge in [-0.15, -0.1) is 11.8 Å². The van der Waals surface area contributed by atoms with E-state index in [1.807, 2.05) is 19.9 Å². The fraction of sp³-hybridized carbons (Fsp3) is 0.455. The van der Waals surface area contributed by atoms with E-state index < -0.39 is 46.1 Å². The van der Waals surface area contributed by atoms with Gasteiger partial charge in [0.15, 0.2) is 6.07 Å². The van der Waals surface area contributed by atoms with Crippen molar-refractivity contribution in [2.75, 3.05) is 13.2 Å². The largest absolute Gasteiger partial charge is 0.466 e. The van der Waals surface area contributed by atoms with Gasteiger partial charge in [-0.2, -0.15) is 0 Å². The Bertz CT molecular complexity index is 970. The molecule has 0 radical (unpaired) electrons. The Morgan fingerprint density at radius 1 is 1.27 bits per heavy atom. The Balaban J connectivity index is 1.78. The second kappa shape index (κ2) is 10.0. The first kappa shape index (κ1) is 24.9. The summed E-state index contributed by atoms with van der Waals surface area (Å²) in [5.74, 6) is -1.94. The molecule has 0 aliphatic carbocycles. The number of benzene rings is 1. The highest BCUT2D eigenvalue weighted by atomic mass is 35.5. The number of fused-ring (bicyclic) bond motifs is 1. The van der Waals surface area contributed by atoms with Crippen LogP contribution >= 0.6 is 23.4 Å². The molecule has 0 aromatic heterocycles. The molecular formula is C22H26ClN3O6S. The quantitative estimate of drug-likeness (QED) is 0.242. The number of esters is 2. The van der Waals surface area contributed by atoms with Gasteiger partial charge in [-0.1, -0.05) is 41.9 Å². The van der Waals surface area contributed by atoms with Gasteiger partial charge in [0, 0.05) is 16.5 Å². The molecule has 0 spiro atoms. The third-order valence-electron chi connectivity index (χ3n) is 5.46. The van der Waals surface area contributed by atoms with Gasteiger partial charge in [-0.05, 0) is 26.3 Å². The highest BCUT2D eigenvalue weighted by Gasteiger charge is 2.64. The zero-order chi connectivity index (χ0) is 24.3. The highest BCUT2D eigenvalue weighted by Crippen LogP contribution is 2.51. The molecule has 33 heavy (non-hydrogen) atoms. The second-order valence-electron chi connectivity index (χ2n) is 8.16. The number of carbonyl (C=O) groups is 4. The molecule has 9 nitrogen and oxygen atoms in total. The smallest absolute Gasteiger partial charge is 0.332 e. The maximum absolute atomic E-state index is 13.2. The van der Waals surface area contributed by atoms with Gasteiger partial charge in [-0.3, -0.25) is 9.59 Å².